The lowest BCUT2D eigenvalue weighted by atomic mass is 10.1. The number of ether oxygens (including phenoxy) is 1. The zero-order chi connectivity index (χ0) is 18.5. The summed E-state index contributed by atoms with van der Waals surface area (Å²) >= 11 is 1.41. The second-order valence-electron chi connectivity index (χ2n) is 5.87. The van der Waals surface area contributed by atoms with E-state index in [4.69, 9.17) is 4.74 Å². The van der Waals surface area contributed by atoms with Crippen LogP contribution in [-0.2, 0) is 6.42 Å². The van der Waals surface area contributed by atoms with Crippen LogP contribution in [0, 0.1) is 6.92 Å². The fourth-order valence-electron chi connectivity index (χ4n) is 2.64. The van der Waals surface area contributed by atoms with Crippen molar-refractivity contribution in [3.05, 3.63) is 64.7 Å². The fourth-order valence-corrected chi connectivity index (χ4v) is 3.61. The van der Waals surface area contributed by atoms with Gasteiger partial charge in [0.25, 0.3) is 5.91 Å². The van der Waals surface area contributed by atoms with Crippen molar-refractivity contribution in [3.8, 4) is 16.3 Å². The Labute approximate surface area is 157 Å². The summed E-state index contributed by atoms with van der Waals surface area (Å²) < 4.78 is 5.57. The molecule has 26 heavy (non-hydrogen) atoms. The summed E-state index contributed by atoms with van der Waals surface area (Å²) in [6, 6.07) is 15.8. The molecule has 0 spiro atoms. The van der Waals surface area contributed by atoms with Crippen LogP contribution < -0.4 is 10.1 Å². The summed E-state index contributed by atoms with van der Waals surface area (Å²) in [5.74, 6) is 0.504. The highest BCUT2D eigenvalue weighted by molar-refractivity contribution is 7.17. The Hall–Kier alpha value is -2.66. The minimum atomic E-state index is -0.163. The predicted octanol–water partition coefficient (Wildman–Crippen LogP) is 5.33. The minimum absolute atomic E-state index is 0.163. The molecule has 0 fully saturated rings. The number of nitrogens with one attached hydrogen (secondary N) is 1. The van der Waals surface area contributed by atoms with Crippen LogP contribution in [0.3, 0.4) is 0 Å². The molecule has 1 heterocycles. The van der Waals surface area contributed by atoms with E-state index in [1.54, 1.807) is 0 Å². The summed E-state index contributed by atoms with van der Waals surface area (Å²) in [5, 5.41) is 3.80. The van der Waals surface area contributed by atoms with Gasteiger partial charge >= 0.3 is 0 Å². The molecule has 5 heteroatoms. The van der Waals surface area contributed by atoms with Gasteiger partial charge in [-0.15, -0.1) is 11.3 Å². The first kappa shape index (κ1) is 18.1. The van der Waals surface area contributed by atoms with Crippen molar-refractivity contribution in [2.45, 2.75) is 27.2 Å². The van der Waals surface area contributed by atoms with Crippen molar-refractivity contribution in [3.63, 3.8) is 0 Å². The monoisotopic (exact) mass is 366 g/mol. The molecular formula is C21H22N2O2S. The standard InChI is InChI=1S/C21H22N2O2S/c1-4-15-10-12-16(13-11-15)21-22-14(3)19(26-21)20(24)23-17-8-6-7-9-18(17)25-5-2/h6-13H,4-5H2,1-3H3,(H,23,24). The molecule has 0 unspecified atom stereocenters. The third-order valence-electron chi connectivity index (χ3n) is 4.05. The largest absolute Gasteiger partial charge is 0.492 e. The number of hydrogen-bond donors (Lipinski definition) is 1. The summed E-state index contributed by atoms with van der Waals surface area (Å²) in [7, 11) is 0. The number of rotatable bonds is 6. The van der Waals surface area contributed by atoms with Gasteiger partial charge in [-0.25, -0.2) is 4.98 Å². The van der Waals surface area contributed by atoms with E-state index in [0.29, 0.717) is 22.9 Å². The average molecular weight is 366 g/mol. The molecule has 0 saturated heterocycles. The number of para-hydroxylation sites is 2. The van der Waals surface area contributed by atoms with Gasteiger partial charge in [0.1, 0.15) is 15.6 Å². The smallest absolute Gasteiger partial charge is 0.267 e. The Morgan fingerprint density at radius 1 is 1.12 bits per heavy atom. The molecule has 0 bridgehead atoms. The molecule has 0 radical (unpaired) electrons. The average Bonchev–Trinajstić information content (AvgIpc) is 3.05. The zero-order valence-electron chi connectivity index (χ0n) is 15.2. The second kappa shape index (κ2) is 8.15. The highest BCUT2D eigenvalue weighted by Crippen LogP contribution is 2.30. The molecule has 3 aromatic rings. The number of thiazole rings is 1. The number of carbonyl (C=O) groups excluding carboxylic acids is 1. The maximum Gasteiger partial charge on any atom is 0.267 e. The SMILES string of the molecule is CCOc1ccccc1NC(=O)c1sc(-c2ccc(CC)cc2)nc1C. The Kier molecular flexibility index (Phi) is 5.68. The predicted molar refractivity (Wildman–Crippen MR) is 107 cm³/mol. The quantitative estimate of drug-likeness (QED) is 0.641. The van der Waals surface area contributed by atoms with Crippen molar-refractivity contribution in [2.75, 3.05) is 11.9 Å². The van der Waals surface area contributed by atoms with Gasteiger partial charge in [0.05, 0.1) is 18.0 Å². The number of aromatic nitrogens is 1. The van der Waals surface area contributed by atoms with Gasteiger partial charge in [0.15, 0.2) is 0 Å². The first-order chi connectivity index (χ1) is 12.6. The first-order valence-electron chi connectivity index (χ1n) is 8.72. The number of aryl methyl sites for hydroxylation is 2. The first-order valence-corrected chi connectivity index (χ1v) is 9.54. The lowest BCUT2D eigenvalue weighted by molar-refractivity contribution is 0.102. The van der Waals surface area contributed by atoms with Gasteiger partial charge in [-0.05, 0) is 38.0 Å². The number of nitrogens with zero attached hydrogens (tertiary/aromatic N) is 1. The van der Waals surface area contributed by atoms with Crippen molar-refractivity contribution in [1.82, 2.24) is 4.98 Å². The van der Waals surface area contributed by atoms with Gasteiger partial charge in [-0.3, -0.25) is 4.79 Å². The normalized spacial score (nSPS) is 10.6. The Morgan fingerprint density at radius 2 is 1.85 bits per heavy atom. The maximum atomic E-state index is 12.7. The van der Waals surface area contributed by atoms with E-state index < -0.39 is 0 Å². The molecule has 0 aliphatic rings. The zero-order valence-corrected chi connectivity index (χ0v) is 16.0. The molecular weight excluding hydrogens is 344 g/mol. The van der Waals surface area contributed by atoms with Crippen LogP contribution in [0.25, 0.3) is 10.6 Å². The lowest BCUT2D eigenvalue weighted by Gasteiger charge is -2.10. The molecule has 2 aromatic carbocycles. The van der Waals surface area contributed by atoms with Gasteiger partial charge < -0.3 is 10.1 Å². The van der Waals surface area contributed by atoms with E-state index in [9.17, 15) is 4.79 Å². The maximum absolute atomic E-state index is 12.7. The van der Waals surface area contributed by atoms with Gasteiger partial charge in [-0.1, -0.05) is 43.3 Å². The molecule has 134 valence electrons. The van der Waals surface area contributed by atoms with Crippen LogP contribution in [0.4, 0.5) is 5.69 Å². The molecule has 1 aromatic heterocycles. The van der Waals surface area contributed by atoms with Gasteiger partial charge in [0.2, 0.25) is 0 Å². The van der Waals surface area contributed by atoms with E-state index in [0.717, 1.165) is 22.7 Å². The van der Waals surface area contributed by atoms with Crippen LogP contribution in [0.15, 0.2) is 48.5 Å². The Bertz CT molecular complexity index is 901. The van der Waals surface area contributed by atoms with Crippen LogP contribution in [0.5, 0.6) is 5.75 Å². The second-order valence-corrected chi connectivity index (χ2v) is 6.87. The molecule has 0 aliphatic heterocycles. The number of benzene rings is 2. The van der Waals surface area contributed by atoms with Crippen LogP contribution >= 0.6 is 11.3 Å². The van der Waals surface area contributed by atoms with Crippen molar-refractivity contribution >= 4 is 22.9 Å². The number of amides is 1. The summed E-state index contributed by atoms with van der Waals surface area (Å²) in [4.78, 5) is 17.9. The van der Waals surface area contributed by atoms with Crippen molar-refractivity contribution in [1.29, 1.82) is 0 Å². The minimum Gasteiger partial charge on any atom is -0.492 e. The van der Waals surface area contributed by atoms with E-state index in [1.165, 1.54) is 16.9 Å². The molecule has 0 atom stereocenters. The van der Waals surface area contributed by atoms with Crippen molar-refractivity contribution < 1.29 is 9.53 Å². The Morgan fingerprint density at radius 3 is 2.54 bits per heavy atom. The van der Waals surface area contributed by atoms with Crippen LogP contribution in [0.2, 0.25) is 0 Å². The van der Waals surface area contributed by atoms with Crippen molar-refractivity contribution in [2.24, 2.45) is 0 Å². The molecule has 4 nitrogen and oxygen atoms in total. The van der Waals surface area contributed by atoms with E-state index in [-0.39, 0.29) is 5.91 Å². The Balaban J connectivity index is 1.83. The van der Waals surface area contributed by atoms with E-state index in [2.05, 4.69) is 41.5 Å². The summed E-state index contributed by atoms with van der Waals surface area (Å²) in [6.07, 6.45) is 1.00. The van der Waals surface area contributed by atoms with E-state index >= 15 is 0 Å². The number of hydrogen-bond acceptors (Lipinski definition) is 4. The molecule has 3 rings (SSSR count). The molecule has 0 aliphatic carbocycles. The van der Waals surface area contributed by atoms with Gasteiger partial charge in [0, 0.05) is 5.56 Å². The van der Waals surface area contributed by atoms with Gasteiger partial charge in [-0.2, -0.15) is 0 Å². The fraction of sp³-hybridized carbons (Fsp3) is 0.238. The summed E-state index contributed by atoms with van der Waals surface area (Å²) in [5.41, 5.74) is 3.72. The molecule has 0 saturated carbocycles. The highest BCUT2D eigenvalue weighted by atomic mass is 32.1. The third-order valence-corrected chi connectivity index (χ3v) is 5.25. The molecule has 1 amide bonds. The molecule has 1 N–H and O–H groups in total. The number of anilines is 1. The lowest BCUT2D eigenvalue weighted by Crippen LogP contribution is -2.12. The van der Waals surface area contributed by atoms with E-state index in [1.807, 2.05) is 38.1 Å². The summed E-state index contributed by atoms with van der Waals surface area (Å²) in [6.45, 7) is 6.46. The third kappa shape index (κ3) is 3.94. The number of carbonyl (C=O) groups is 1. The topological polar surface area (TPSA) is 51.2 Å². The van der Waals surface area contributed by atoms with Crippen LogP contribution in [-0.4, -0.2) is 17.5 Å². The highest BCUT2D eigenvalue weighted by Gasteiger charge is 2.17. The van der Waals surface area contributed by atoms with Crippen LogP contribution in [0.1, 0.15) is 34.8 Å².